The number of rotatable bonds is 7. The van der Waals surface area contributed by atoms with E-state index >= 15 is 0 Å². The van der Waals surface area contributed by atoms with Gasteiger partial charge in [0.25, 0.3) is 11.8 Å². The smallest absolute Gasteiger partial charge is 0.268 e. The van der Waals surface area contributed by atoms with E-state index in [1.54, 1.807) is 34.1 Å². The fourth-order valence-corrected chi connectivity index (χ4v) is 9.11. The van der Waals surface area contributed by atoms with Crippen LogP contribution in [0.1, 0.15) is 42.3 Å². The zero-order chi connectivity index (χ0) is 36.4. The number of anilines is 2. The summed E-state index contributed by atoms with van der Waals surface area (Å²) in [5, 5.41) is 54.8. The Morgan fingerprint density at radius 2 is 1.27 bits per heavy atom. The van der Waals surface area contributed by atoms with Crippen LogP contribution in [0, 0.1) is 0 Å². The molecule has 0 saturated carbocycles. The predicted octanol–water partition coefficient (Wildman–Crippen LogP) is 4.90. The minimum Gasteiger partial charge on any atom is -0.507 e. The van der Waals surface area contributed by atoms with Crippen LogP contribution in [-0.4, -0.2) is 99.5 Å². The Morgan fingerprint density at radius 3 is 1.83 bits per heavy atom. The van der Waals surface area contributed by atoms with Crippen molar-refractivity contribution in [2.45, 2.75) is 42.5 Å². The Balaban J connectivity index is 1.12. The van der Waals surface area contributed by atoms with Gasteiger partial charge in [-0.3, -0.25) is 9.59 Å². The molecule has 3 aliphatic rings. The van der Waals surface area contributed by atoms with Crippen molar-refractivity contribution in [1.82, 2.24) is 0 Å². The molecular weight excluding hydrogens is 731 g/mol. The van der Waals surface area contributed by atoms with E-state index in [1.165, 1.54) is 0 Å². The van der Waals surface area contributed by atoms with Gasteiger partial charge in [0, 0.05) is 59.6 Å². The van der Waals surface area contributed by atoms with Crippen LogP contribution in [0.5, 0.6) is 11.5 Å². The van der Waals surface area contributed by atoms with Gasteiger partial charge < -0.3 is 44.8 Å². The number of alkyl halides is 2. The highest BCUT2D eigenvalue weighted by Crippen LogP contribution is 2.48. The van der Waals surface area contributed by atoms with E-state index in [0.717, 1.165) is 33.2 Å². The van der Waals surface area contributed by atoms with Crippen molar-refractivity contribution in [3.63, 3.8) is 0 Å². The average molecular weight is 766 g/mol. The van der Waals surface area contributed by atoms with Crippen LogP contribution in [0.15, 0.2) is 72.8 Å². The summed E-state index contributed by atoms with van der Waals surface area (Å²) in [6.45, 7) is -0.0270. The molecule has 0 bridgehead atoms. The highest BCUT2D eigenvalue weighted by molar-refractivity contribution is 7.16. The van der Waals surface area contributed by atoms with Gasteiger partial charge in [0.05, 0.1) is 27.7 Å². The van der Waals surface area contributed by atoms with Crippen molar-refractivity contribution in [3.8, 4) is 11.5 Å². The third-order valence-electron chi connectivity index (χ3n) is 10.3. The monoisotopic (exact) mass is 764 g/mol. The molecule has 3 aliphatic heterocycles. The van der Waals surface area contributed by atoms with Crippen LogP contribution < -0.4 is 14.5 Å². The van der Waals surface area contributed by atoms with Gasteiger partial charge in [-0.15, -0.1) is 34.5 Å². The van der Waals surface area contributed by atoms with Gasteiger partial charge in [-0.2, -0.15) is 0 Å². The van der Waals surface area contributed by atoms with E-state index in [0.29, 0.717) is 38.4 Å². The lowest BCUT2D eigenvalue weighted by atomic mass is 9.95. The van der Waals surface area contributed by atoms with E-state index in [-0.39, 0.29) is 53.5 Å². The van der Waals surface area contributed by atoms with Crippen LogP contribution in [0.25, 0.3) is 21.5 Å². The van der Waals surface area contributed by atoms with Gasteiger partial charge in [0.1, 0.15) is 35.9 Å². The highest BCUT2D eigenvalue weighted by Gasteiger charge is 2.45. The average Bonchev–Trinajstić information content (AvgIpc) is 3.91. The second-order valence-electron chi connectivity index (χ2n) is 13.2. The first-order valence-electron chi connectivity index (χ1n) is 16.8. The second kappa shape index (κ2) is 13.8. The number of halogens is 2. The van der Waals surface area contributed by atoms with Gasteiger partial charge in [-0.05, 0) is 34.0 Å². The standard InChI is InChI=1S/C38H34Cl2N2O9S/c39-13-18-15-41(24-11-26(44)20-5-1-3-7-22(20)31(18)24)36(48)29-9-10-30(52-29)37(49)42-16-19(14-40)32-23-8-4-2-6-21(23)27(12-25(32)42)50-38-35(47)34(46)33(45)28(17-43)51-38/h1-12,18-19,28,33-35,38,43-47H,13-17H2. The molecule has 0 radical (unpaired) electrons. The number of nitrogens with zero attached hydrogens (tertiary/aromatic N) is 2. The van der Waals surface area contributed by atoms with E-state index in [1.807, 2.05) is 48.5 Å². The lowest BCUT2D eigenvalue weighted by Gasteiger charge is -2.39. The highest BCUT2D eigenvalue weighted by atomic mass is 35.5. The number of benzene rings is 4. The number of carbonyl (C=O) groups is 2. The number of hydrogen-bond donors (Lipinski definition) is 5. The number of aromatic hydroxyl groups is 1. The van der Waals surface area contributed by atoms with Crippen molar-refractivity contribution in [3.05, 3.63) is 93.7 Å². The molecule has 1 aromatic heterocycles. The van der Waals surface area contributed by atoms with Crippen molar-refractivity contribution in [1.29, 1.82) is 0 Å². The first-order chi connectivity index (χ1) is 25.1. The summed E-state index contributed by atoms with van der Waals surface area (Å²) in [5.41, 5.74) is 2.85. The Morgan fingerprint density at radius 1 is 0.750 bits per heavy atom. The molecular formula is C38H34Cl2N2O9S. The Kier molecular flexibility index (Phi) is 9.29. The first-order valence-corrected chi connectivity index (χ1v) is 18.7. The predicted molar refractivity (Wildman–Crippen MR) is 199 cm³/mol. The molecule has 52 heavy (non-hydrogen) atoms. The summed E-state index contributed by atoms with van der Waals surface area (Å²) in [6.07, 6.45) is -7.42. The number of aliphatic hydroxyl groups is 4. The summed E-state index contributed by atoms with van der Waals surface area (Å²) in [7, 11) is 0. The number of amides is 2. The molecule has 5 N–H and O–H groups in total. The molecule has 0 spiro atoms. The third-order valence-corrected chi connectivity index (χ3v) is 12.1. The molecule has 5 aromatic rings. The molecule has 4 aromatic carbocycles. The van der Waals surface area contributed by atoms with Crippen LogP contribution in [0.4, 0.5) is 11.4 Å². The fourth-order valence-electron chi connectivity index (χ4n) is 7.70. The van der Waals surface area contributed by atoms with Crippen molar-refractivity contribution in [2.75, 3.05) is 41.3 Å². The number of phenols is 1. The number of hydrogen-bond acceptors (Lipinski definition) is 10. The van der Waals surface area contributed by atoms with Gasteiger partial charge in [0.2, 0.25) is 6.29 Å². The summed E-state index contributed by atoms with van der Waals surface area (Å²) < 4.78 is 11.8. The SMILES string of the molecule is O=C(c1ccc(C(=O)N2CC(CCl)c3c2cc(OC2OC(CO)C(O)C(O)C2O)c2ccccc32)s1)N1CC(CCl)c2c1cc(O)c1ccccc21. The van der Waals surface area contributed by atoms with E-state index in [4.69, 9.17) is 32.7 Å². The molecule has 2 amide bonds. The molecule has 8 rings (SSSR count). The van der Waals surface area contributed by atoms with Crippen LogP contribution in [-0.2, 0) is 4.74 Å². The van der Waals surface area contributed by atoms with E-state index in [9.17, 15) is 35.1 Å². The topological polar surface area (TPSA) is 160 Å². The van der Waals surface area contributed by atoms with Gasteiger partial charge >= 0.3 is 0 Å². The van der Waals surface area contributed by atoms with Crippen molar-refractivity contribution >= 4 is 79.3 Å². The quantitative estimate of drug-likeness (QED) is 0.145. The lowest BCUT2D eigenvalue weighted by molar-refractivity contribution is -0.277. The summed E-state index contributed by atoms with van der Waals surface area (Å²) in [6, 6.07) is 21.3. The van der Waals surface area contributed by atoms with Crippen LogP contribution >= 0.6 is 34.5 Å². The van der Waals surface area contributed by atoms with Crippen LogP contribution in [0.3, 0.4) is 0 Å². The van der Waals surface area contributed by atoms with Gasteiger partial charge in [-0.25, -0.2) is 0 Å². The largest absolute Gasteiger partial charge is 0.507 e. The minimum absolute atomic E-state index is 0.0633. The second-order valence-corrected chi connectivity index (χ2v) is 14.9. The van der Waals surface area contributed by atoms with Gasteiger partial charge in [-0.1, -0.05) is 48.5 Å². The number of fused-ring (bicyclic) bond motifs is 6. The maximum Gasteiger partial charge on any atom is 0.268 e. The molecule has 4 heterocycles. The molecule has 0 aliphatic carbocycles. The molecule has 11 nitrogen and oxygen atoms in total. The molecule has 7 unspecified atom stereocenters. The number of carbonyl (C=O) groups excluding carboxylic acids is 2. The lowest BCUT2D eigenvalue weighted by Crippen LogP contribution is -2.60. The molecule has 270 valence electrons. The van der Waals surface area contributed by atoms with Gasteiger partial charge in [0.15, 0.2) is 0 Å². The zero-order valence-corrected chi connectivity index (χ0v) is 29.8. The number of phenolic OH excluding ortho intramolecular Hbond substituents is 1. The van der Waals surface area contributed by atoms with Crippen LogP contribution in [0.2, 0.25) is 0 Å². The fraction of sp³-hybridized carbons (Fsp3) is 0.316. The Bertz CT molecular complexity index is 2210. The van der Waals surface area contributed by atoms with E-state index < -0.39 is 37.3 Å². The Labute approximate surface area is 311 Å². The summed E-state index contributed by atoms with van der Waals surface area (Å²) in [5.74, 6) is -0.227. The Hall–Kier alpha value is -3.98. The molecule has 1 fully saturated rings. The maximum absolute atomic E-state index is 14.3. The first kappa shape index (κ1) is 35.1. The molecule has 1 saturated heterocycles. The molecule has 7 atom stereocenters. The summed E-state index contributed by atoms with van der Waals surface area (Å²) >= 11 is 13.9. The zero-order valence-electron chi connectivity index (χ0n) is 27.4. The van der Waals surface area contributed by atoms with E-state index in [2.05, 4.69) is 0 Å². The number of thiophene rings is 1. The molecule has 14 heteroatoms. The maximum atomic E-state index is 14.3. The minimum atomic E-state index is -1.63. The summed E-state index contributed by atoms with van der Waals surface area (Å²) in [4.78, 5) is 32.2. The number of aliphatic hydroxyl groups excluding tert-OH is 4. The third kappa shape index (κ3) is 5.60. The number of ether oxygens (including phenoxy) is 2. The van der Waals surface area contributed by atoms with Crippen molar-refractivity contribution < 1.29 is 44.6 Å². The normalized spacial score (nSPS) is 25.5. The van der Waals surface area contributed by atoms with Crippen molar-refractivity contribution in [2.24, 2.45) is 0 Å².